The second-order valence-electron chi connectivity index (χ2n) is 6.99. The van der Waals surface area contributed by atoms with Crippen molar-refractivity contribution < 1.29 is 24.2 Å². The molecule has 1 aromatic heterocycles. The van der Waals surface area contributed by atoms with Crippen LogP contribution in [0.2, 0.25) is 0 Å². The van der Waals surface area contributed by atoms with Crippen molar-refractivity contribution in [3.8, 4) is 0 Å². The van der Waals surface area contributed by atoms with Crippen LogP contribution in [0, 0.1) is 5.92 Å². The first kappa shape index (κ1) is 22.4. The summed E-state index contributed by atoms with van der Waals surface area (Å²) in [6.45, 7) is 5.71. The highest BCUT2D eigenvalue weighted by Crippen LogP contribution is 2.18. The summed E-state index contributed by atoms with van der Waals surface area (Å²) in [5.41, 5.74) is 0.784. The van der Waals surface area contributed by atoms with Gasteiger partial charge in [0.15, 0.2) is 5.69 Å². The molecule has 2 aromatic rings. The first-order valence-corrected chi connectivity index (χ1v) is 10.1. The van der Waals surface area contributed by atoms with Gasteiger partial charge in [-0.15, -0.1) is 11.3 Å². The Morgan fingerprint density at radius 1 is 1.14 bits per heavy atom. The van der Waals surface area contributed by atoms with Crippen molar-refractivity contribution in [3.63, 3.8) is 0 Å². The highest BCUT2D eigenvalue weighted by atomic mass is 32.1. The van der Waals surface area contributed by atoms with Crippen molar-refractivity contribution in [1.29, 1.82) is 0 Å². The maximum Gasteiger partial charge on any atom is 0.408 e. The molecule has 0 aliphatic rings. The molecule has 1 aromatic carbocycles. The van der Waals surface area contributed by atoms with Crippen molar-refractivity contribution in [2.24, 2.45) is 5.92 Å². The number of hydrogen-bond acceptors (Lipinski definition) is 6. The van der Waals surface area contributed by atoms with E-state index in [1.54, 1.807) is 6.92 Å². The van der Waals surface area contributed by atoms with Crippen LogP contribution in [0.5, 0.6) is 0 Å². The van der Waals surface area contributed by atoms with Crippen LogP contribution in [0.15, 0.2) is 35.7 Å². The number of carboxylic acid groups (broad SMARTS) is 1. The van der Waals surface area contributed by atoms with E-state index in [-0.39, 0.29) is 24.1 Å². The molecule has 0 radical (unpaired) electrons. The Labute approximate surface area is 173 Å². The number of ether oxygens (including phenoxy) is 1. The van der Waals surface area contributed by atoms with Gasteiger partial charge in [-0.1, -0.05) is 44.2 Å². The average molecular weight is 420 g/mol. The Hall–Kier alpha value is -2.94. The summed E-state index contributed by atoms with van der Waals surface area (Å²) in [6, 6.07) is 7.98. The molecule has 0 fully saturated rings. The number of rotatable bonds is 9. The molecular formula is C20H25N3O5S. The molecule has 156 valence electrons. The fourth-order valence-corrected chi connectivity index (χ4v) is 3.37. The lowest BCUT2D eigenvalue weighted by molar-refractivity contribution is -0.124. The fourth-order valence-electron chi connectivity index (χ4n) is 2.57. The van der Waals surface area contributed by atoms with Crippen LogP contribution in [-0.4, -0.2) is 34.1 Å². The van der Waals surface area contributed by atoms with E-state index in [1.807, 2.05) is 44.2 Å². The molecule has 2 atom stereocenters. The van der Waals surface area contributed by atoms with Crippen molar-refractivity contribution in [3.05, 3.63) is 52.0 Å². The molecule has 0 saturated heterocycles. The standard InChI is InChI=1S/C20H25N3O5S/c1-12(2)9-15(23-20(27)28-10-14-7-5-4-6-8-14)17(24)21-13(3)18-22-16(11-29-18)19(25)26/h4-8,11-13,15H,9-10H2,1-3H3,(H,21,24)(H,23,27)(H,25,26)/t13-,15+/m0/s1. The monoisotopic (exact) mass is 419 g/mol. The number of carbonyl (C=O) groups excluding carboxylic acids is 2. The first-order chi connectivity index (χ1) is 13.8. The maximum atomic E-state index is 12.7. The molecule has 9 heteroatoms. The number of hydrogen-bond donors (Lipinski definition) is 3. The summed E-state index contributed by atoms with van der Waals surface area (Å²) in [6.07, 6.45) is -0.248. The summed E-state index contributed by atoms with van der Waals surface area (Å²) in [7, 11) is 0. The largest absolute Gasteiger partial charge is 0.476 e. The molecule has 1 heterocycles. The predicted octanol–water partition coefficient (Wildman–Crippen LogP) is 3.36. The molecule has 2 rings (SSSR count). The lowest BCUT2D eigenvalue weighted by atomic mass is 10.0. The van der Waals surface area contributed by atoms with E-state index in [0.717, 1.165) is 16.9 Å². The number of aromatic carboxylic acids is 1. The van der Waals surface area contributed by atoms with Crippen LogP contribution in [0.1, 0.15) is 54.3 Å². The number of nitrogens with one attached hydrogen (secondary N) is 2. The van der Waals surface area contributed by atoms with Crippen molar-refractivity contribution in [2.75, 3.05) is 0 Å². The number of benzene rings is 1. The van der Waals surface area contributed by atoms with E-state index in [1.165, 1.54) is 5.38 Å². The van der Waals surface area contributed by atoms with Gasteiger partial charge in [0, 0.05) is 5.38 Å². The zero-order valence-electron chi connectivity index (χ0n) is 16.5. The lowest BCUT2D eigenvalue weighted by Gasteiger charge is -2.22. The molecule has 29 heavy (non-hydrogen) atoms. The number of amides is 2. The van der Waals surface area contributed by atoms with E-state index < -0.39 is 24.1 Å². The summed E-state index contributed by atoms with van der Waals surface area (Å²) in [4.78, 5) is 39.8. The van der Waals surface area contributed by atoms with Crippen LogP contribution in [0.4, 0.5) is 4.79 Å². The third kappa shape index (κ3) is 7.19. The second-order valence-corrected chi connectivity index (χ2v) is 7.88. The third-order valence-electron chi connectivity index (χ3n) is 4.00. The van der Waals surface area contributed by atoms with Gasteiger partial charge in [0.05, 0.1) is 6.04 Å². The minimum atomic E-state index is -1.12. The lowest BCUT2D eigenvalue weighted by Crippen LogP contribution is -2.48. The summed E-state index contributed by atoms with van der Waals surface area (Å²) < 4.78 is 5.20. The Bertz CT molecular complexity index is 838. The van der Waals surface area contributed by atoms with Crippen LogP contribution in [0.25, 0.3) is 0 Å². The highest BCUT2D eigenvalue weighted by Gasteiger charge is 2.25. The van der Waals surface area contributed by atoms with Gasteiger partial charge in [-0.25, -0.2) is 14.6 Å². The predicted molar refractivity (Wildman–Crippen MR) is 109 cm³/mol. The van der Waals surface area contributed by atoms with Gasteiger partial charge < -0.3 is 20.5 Å². The molecule has 0 aliphatic heterocycles. The zero-order valence-corrected chi connectivity index (χ0v) is 17.4. The number of aromatic nitrogens is 1. The molecular weight excluding hydrogens is 394 g/mol. The van der Waals surface area contributed by atoms with Gasteiger partial charge >= 0.3 is 12.1 Å². The summed E-state index contributed by atoms with van der Waals surface area (Å²) >= 11 is 1.15. The van der Waals surface area contributed by atoms with Crippen LogP contribution >= 0.6 is 11.3 Å². The van der Waals surface area contributed by atoms with Crippen molar-refractivity contribution >= 4 is 29.3 Å². The average Bonchev–Trinajstić information content (AvgIpc) is 3.17. The molecule has 0 bridgehead atoms. The SMILES string of the molecule is CC(C)C[C@@H](NC(=O)OCc1ccccc1)C(=O)N[C@@H](C)c1nc(C(=O)O)cs1. The van der Waals surface area contributed by atoms with E-state index in [2.05, 4.69) is 15.6 Å². The second kappa shape index (κ2) is 10.6. The van der Waals surface area contributed by atoms with E-state index in [9.17, 15) is 14.4 Å². The summed E-state index contributed by atoms with van der Waals surface area (Å²) in [5, 5.41) is 16.3. The third-order valence-corrected chi connectivity index (χ3v) is 5.03. The van der Waals surface area contributed by atoms with Crippen molar-refractivity contribution in [2.45, 2.75) is 45.9 Å². The Morgan fingerprint density at radius 3 is 2.41 bits per heavy atom. The number of alkyl carbamates (subject to hydrolysis) is 1. The quantitative estimate of drug-likeness (QED) is 0.574. The minimum Gasteiger partial charge on any atom is -0.476 e. The van der Waals surface area contributed by atoms with Gasteiger partial charge in [-0.2, -0.15) is 0 Å². The van der Waals surface area contributed by atoms with Crippen LogP contribution in [-0.2, 0) is 16.1 Å². The molecule has 2 amide bonds. The zero-order chi connectivity index (χ0) is 21.4. The van der Waals surface area contributed by atoms with E-state index >= 15 is 0 Å². The highest BCUT2D eigenvalue weighted by molar-refractivity contribution is 7.09. The van der Waals surface area contributed by atoms with E-state index in [0.29, 0.717) is 11.4 Å². The first-order valence-electron chi connectivity index (χ1n) is 9.22. The number of nitrogens with zero attached hydrogens (tertiary/aromatic N) is 1. The summed E-state index contributed by atoms with van der Waals surface area (Å²) in [5.74, 6) is -1.34. The molecule has 0 unspecified atom stereocenters. The van der Waals surface area contributed by atoms with E-state index in [4.69, 9.17) is 9.84 Å². The Morgan fingerprint density at radius 2 is 1.83 bits per heavy atom. The van der Waals surface area contributed by atoms with Crippen LogP contribution < -0.4 is 10.6 Å². The topological polar surface area (TPSA) is 118 Å². The molecule has 3 N–H and O–H groups in total. The number of carbonyl (C=O) groups is 3. The normalized spacial score (nSPS) is 12.8. The van der Waals surface area contributed by atoms with Gasteiger partial charge in [-0.05, 0) is 24.8 Å². The Kier molecular flexibility index (Phi) is 8.14. The van der Waals surface area contributed by atoms with Crippen molar-refractivity contribution in [1.82, 2.24) is 15.6 Å². The maximum absolute atomic E-state index is 12.7. The van der Waals surface area contributed by atoms with Crippen LogP contribution in [0.3, 0.4) is 0 Å². The number of thiazole rings is 1. The Balaban J connectivity index is 1.95. The fraction of sp³-hybridized carbons (Fsp3) is 0.400. The van der Waals surface area contributed by atoms with Gasteiger partial charge in [0.25, 0.3) is 0 Å². The molecule has 0 spiro atoms. The van der Waals surface area contributed by atoms with Gasteiger partial charge in [0.1, 0.15) is 17.7 Å². The minimum absolute atomic E-state index is 0.0626. The molecule has 0 aliphatic carbocycles. The number of carboxylic acids is 1. The smallest absolute Gasteiger partial charge is 0.408 e. The van der Waals surface area contributed by atoms with Gasteiger partial charge in [-0.3, -0.25) is 4.79 Å². The molecule has 8 nitrogen and oxygen atoms in total. The van der Waals surface area contributed by atoms with Gasteiger partial charge in [0.2, 0.25) is 5.91 Å². The molecule has 0 saturated carbocycles.